The minimum atomic E-state index is -4.95. The van der Waals surface area contributed by atoms with Crippen LogP contribution < -0.4 is 0 Å². The maximum atomic E-state index is 13.1. The third-order valence-corrected chi connectivity index (χ3v) is 21.3. The quantitative estimate of drug-likeness (QED) is 0.0146. The van der Waals surface area contributed by atoms with Crippen molar-refractivity contribution in [2.75, 3.05) is 39.6 Å². The van der Waals surface area contributed by atoms with E-state index in [1.165, 1.54) is 135 Å². The highest BCUT2D eigenvalue weighted by molar-refractivity contribution is 7.47. The van der Waals surface area contributed by atoms with Gasteiger partial charge in [-0.2, -0.15) is 0 Å². The van der Waals surface area contributed by atoms with E-state index in [1.807, 2.05) is 0 Å². The van der Waals surface area contributed by atoms with E-state index in [0.29, 0.717) is 19.3 Å². The predicted molar refractivity (Wildman–Crippen MR) is 491 cm³/mol. The fourth-order valence-corrected chi connectivity index (χ4v) is 14.0. The van der Waals surface area contributed by atoms with E-state index >= 15 is 0 Å². The number of esters is 3. The highest BCUT2D eigenvalue weighted by atomic mass is 31.2. The van der Waals surface area contributed by atoms with Crippen molar-refractivity contribution < 1.29 is 75.8 Å². The highest BCUT2D eigenvalue weighted by Crippen LogP contribution is 2.45. The molecule has 117 heavy (non-hydrogen) atoms. The second kappa shape index (κ2) is 90.2. The van der Waals surface area contributed by atoms with Crippen LogP contribution in [0.1, 0.15) is 380 Å². The van der Waals surface area contributed by atoms with Gasteiger partial charge in [-0.25, -0.2) is 9.13 Å². The first-order valence-electron chi connectivity index (χ1n) is 46.4. The Labute approximate surface area is 713 Å². The molecule has 0 amide bonds. The Morgan fingerprint density at radius 1 is 0.248 bits per heavy atom. The van der Waals surface area contributed by atoms with E-state index in [0.717, 1.165) is 186 Å². The van der Waals surface area contributed by atoms with Crippen molar-refractivity contribution in [3.05, 3.63) is 170 Å². The number of rotatable bonds is 87. The molecular weight excluding hydrogens is 1510 g/mol. The van der Waals surface area contributed by atoms with Crippen LogP contribution in [0.3, 0.4) is 0 Å². The molecule has 0 aromatic carbocycles. The summed E-state index contributed by atoms with van der Waals surface area (Å²) in [6.07, 6.45) is 117. The number of unbranched alkanes of at least 4 members (excludes halogenated alkanes) is 36. The van der Waals surface area contributed by atoms with Gasteiger partial charge in [0.25, 0.3) is 0 Å². The second-order valence-electron chi connectivity index (χ2n) is 30.7. The minimum Gasteiger partial charge on any atom is -0.463 e. The molecule has 0 rings (SSSR count). The first-order chi connectivity index (χ1) is 57.2. The summed E-state index contributed by atoms with van der Waals surface area (Å²) >= 11 is 0. The molecule has 0 radical (unpaired) electrons. The van der Waals surface area contributed by atoms with Crippen molar-refractivity contribution in [2.45, 2.75) is 399 Å². The largest absolute Gasteiger partial charge is 0.472 e. The van der Waals surface area contributed by atoms with Gasteiger partial charge in [-0.3, -0.25) is 32.5 Å². The summed E-state index contributed by atoms with van der Waals surface area (Å²) < 4.78 is 61.5. The van der Waals surface area contributed by atoms with Crippen LogP contribution in [0.5, 0.6) is 0 Å². The van der Waals surface area contributed by atoms with Gasteiger partial charge in [0.1, 0.15) is 25.4 Å². The number of aliphatic hydroxyl groups excluding tert-OH is 2. The summed E-state index contributed by atoms with van der Waals surface area (Å²) in [7, 11) is -9.81. The van der Waals surface area contributed by atoms with Gasteiger partial charge in [-0.05, 0) is 154 Å². The molecule has 670 valence electrons. The van der Waals surface area contributed by atoms with E-state index in [-0.39, 0.29) is 19.3 Å². The lowest BCUT2D eigenvalue weighted by Crippen LogP contribution is -2.30. The molecule has 0 heterocycles. The van der Waals surface area contributed by atoms with Crippen LogP contribution in [0.2, 0.25) is 0 Å². The number of ether oxygens (including phenoxy) is 3. The van der Waals surface area contributed by atoms with Gasteiger partial charge in [0.05, 0.1) is 26.4 Å². The molecule has 0 aliphatic heterocycles. The molecule has 0 fully saturated rings. The molecule has 0 aromatic heterocycles. The average molecular weight is 1680 g/mol. The summed E-state index contributed by atoms with van der Waals surface area (Å²) in [5.41, 5.74) is 0. The van der Waals surface area contributed by atoms with Gasteiger partial charge in [0, 0.05) is 19.3 Å². The van der Waals surface area contributed by atoms with Crippen molar-refractivity contribution in [2.24, 2.45) is 0 Å². The molecule has 5 unspecified atom stereocenters. The number of carbonyl (C=O) groups excluding carboxylic acids is 3. The van der Waals surface area contributed by atoms with Crippen LogP contribution in [0.25, 0.3) is 0 Å². The second-order valence-corrected chi connectivity index (χ2v) is 33.6. The third-order valence-electron chi connectivity index (χ3n) is 19.4. The summed E-state index contributed by atoms with van der Waals surface area (Å²) in [6, 6.07) is 0. The van der Waals surface area contributed by atoms with E-state index in [9.17, 15) is 43.5 Å². The maximum Gasteiger partial charge on any atom is 0.472 e. The summed E-state index contributed by atoms with van der Waals surface area (Å²) in [5, 5.41) is 20.7. The van der Waals surface area contributed by atoms with Crippen molar-refractivity contribution in [1.82, 2.24) is 0 Å². The number of hydrogen-bond donors (Lipinski definition) is 4. The fourth-order valence-electron chi connectivity index (χ4n) is 12.4. The van der Waals surface area contributed by atoms with Crippen molar-refractivity contribution in [3.8, 4) is 0 Å². The molecule has 0 aliphatic rings. The molecule has 16 nitrogen and oxygen atoms in total. The van der Waals surface area contributed by atoms with Crippen molar-refractivity contribution >= 4 is 33.6 Å². The monoisotopic (exact) mass is 1680 g/mol. The van der Waals surface area contributed by atoms with Gasteiger partial charge < -0.3 is 34.2 Å². The summed E-state index contributed by atoms with van der Waals surface area (Å²) in [5.74, 6) is -1.58. The molecule has 0 bridgehead atoms. The Morgan fingerprint density at radius 3 is 0.718 bits per heavy atom. The van der Waals surface area contributed by atoms with Crippen molar-refractivity contribution in [3.63, 3.8) is 0 Å². The van der Waals surface area contributed by atoms with Gasteiger partial charge in [-0.1, -0.05) is 377 Å². The standard InChI is InChI=1S/C99H168O16P2/c1-4-7-10-13-16-19-22-25-28-31-34-36-38-40-42-44-45-46-47-49-51-52-54-56-59-61-64-67-70-73-76-79-82-85-97(102)109-88-94(100)89-111-116(105,106)112-90-95(101)91-113-117(107,108)114-93-96(115-99(104)87-84-81-78-75-72-69-66-63-58-33-30-27-24-21-18-15-12-9-6-3)92-110-98(103)86-83-80-77-74-71-68-65-62-60-57-55-53-50-48-43-41-39-37-35-32-29-26-23-20-17-14-11-8-5-2/h7-8,10-11,16-21,25-30,34-37,40-43,45-46,58,63,94-96,100-101H,4-6,9,12-15,22-24,31-33,38-39,44,47-57,59-62,64-93H2,1-3H3,(H,105,106)(H,107,108)/b10-7-,11-8-,19-16-,20-17-,21-18-,28-25-,29-26-,30-27-,36-34-,37-35-,42-40-,43-41-,46-45-,63-58-. The molecule has 0 aromatic rings. The van der Waals surface area contributed by atoms with Crippen LogP contribution in [0.4, 0.5) is 0 Å². The number of carbonyl (C=O) groups is 3. The first-order valence-corrected chi connectivity index (χ1v) is 49.4. The lowest BCUT2D eigenvalue weighted by molar-refractivity contribution is -0.161. The van der Waals surface area contributed by atoms with E-state index in [2.05, 4.69) is 191 Å². The Hall–Kier alpha value is -5.09. The minimum absolute atomic E-state index is 0.0870. The Balaban J connectivity index is 4.55. The average Bonchev–Trinajstić information content (AvgIpc) is 0.901. The number of phosphoric ester groups is 2. The molecule has 4 N–H and O–H groups in total. The van der Waals surface area contributed by atoms with Crippen molar-refractivity contribution in [1.29, 1.82) is 0 Å². The number of hydrogen-bond acceptors (Lipinski definition) is 14. The topological polar surface area (TPSA) is 231 Å². The number of allylic oxidation sites excluding steroid dienone is 28. The van der Waals surface area contributed by atoms with Crippen LogP contribution >= 0.6 is 15.6 Å². The van der Waals surface area contributed by atoms with Crippen LogP contribution in [-0.4, -0.2) is 95.9 Å². The lowest BCUT2D eigenvalue weighted by Gasteiger charge is -2.21. The third kappa shape index (κ3) is 91.5. The number of phosphoric acid groups is 2. The van der Waals surface area contributed by atoms with E-state index in [1.54, 1.807) is 0 Å². The normalized spacial score (nSPS) is 14.6. The summed E-state index contributed by atoms with van der Waals surface area (Å²) in [6.45, 7) is 2.45. The Bertz CT molecular complexity index is 2810. The molecule has 0 saturated carbocycles. The highest BCUT2D eigenvalue weighted by Gasteiger charge is 2.29. The SMILES string of the molecule is CC/C=C\C/C=C\C/C=C\C/C=C\C/C=C\C/C=C\CCCCCCCCCCCCCCCCC(=O)OCC(O)COP(=O)(O)OCC(O)COP(=O)(O)OCC(COC(=O)CCCCCCCCCCCCCCC/C=C\C/C=C\C/C=C\C/C=C\C/C=C\CC)OC(=O)CCCCCCCC/C=C\C/C=C\C/C=C\CCCCC. The van der Waals surface area contributed by atoms with Gasteiger partial charge in [0.15, 0.2) is 6.10 Å². The molecule has 0 saturated heterocycles. The van der Waals surface area contributed by atoms with Crippen LogP contribution in [-0.2, 0) is 55.8 Å². The Morgan fingerprint density at radius 2 is 0.453 bits per heavy atom. The van der Waals surface area contributed by atoms with Gasteiger partial charge >= 0.3 is 33.6 Å². The van der Waals surface area contributed by atoms with Crippen LogP contribution in [0, 0.1) is 0 Å². The molecule has 0 spiro atoms. The van der Waals surface area contributed by atoms with E-state index in [4.69, 9.17) is 32.3 Å². The van der Waals surface area contributed by atoms with Gasteiger partial charge in [-0.15, -0.1) is 0 Å². The fraction of sp³-hybridized carbons (Fsp3) is 0.687. The number of aliphatic hydroxyl groups is 2. The smallest absolute Gasteiger partial charge is 0.463 e. The zero-order valence-electron chi connectivity index (χ0n) is 73.8. The zero-order valence-corrected chi connectivity index (χ0v) is 75.6. The molecule has 18 heteroatoms. The molecule has 0 aliphatic carbocycles. The van der Waals surface area contributed by atoms with E-state index < -0.39 is 91.5 Å². The predicted octanol–water partition coefficient (Wildman–Crippen LogP) is 28.7. The molecule has 5 atom stereocenters. The summed E-state index contributed by atoms with van der Waals surface area (Å²) in [4.78, 5) is 59.0. The molecular formula is C99H168O16P2. The van der Waals surface area contributed by atoms with Gasteiger partial charge in [0.2, 0.25) is 0 Å². The van der Waals surface area contributed by atoms with Crippen LogP contribution in [0.15, 0.2) is 170 Å². The first kappa shape index (κ1) is 112. The zero-order chi connectivity index (χ0) is 85.1. The lowest BCUT2D eigenvalue weighted by atomic mass is 10.0. The maximum absolute atomic E-state index is 13.1. The Kier molecular flexibility index (Phi) is 86.2.